The first-order valence-corrected chi connectivity index (χ1v) is 13.0. The minimum Gasteiger partial charge on any atom is -0.486 e. The molecule has 2 aromatic carbocycles. The van der Waals surface area contributed by atoms with Crippen LogP contribution in [-0.2, 0) is 38.8 Å². The van der Waals surface area contributed by atoms with Crippen LogP contribution in [0.2, 0.25) is 0 Å². The molecule has 2 fully saturated rings. The number of carbonyl (C=O) groups is 1. The highest BCUT2D eigenvalue weighted by molar-refractivity contribution is 5.71. The van der Waals surface area contributed by atoms with Crippen LogP contribution in [0.15, 0.2) is 36.4 Å². The number of esters is 1. The maximum Gasteiger partial charge on any atom is 0.416 e. The van der Waals surface area contributed by atoms with Crippen molar-refractivity contribution in [3.8, 4) is 5.75 Å². The Morgan fingerprint density at radius 2 is 1.78 bits per heavy atom. The molecule has 1 aliphatic carbocycles. The quantitative estimate of drug-likeness (QED) is 0.432. The molecule has 0 N–H and O–H groups in total. The van der Waals surface area contributed by atoms with Crippen LogP contribution in [0.5, 0.6) is 5.75 Å². The molecule has 200 valence electrons. The van der Waals surface area contributed by atoms with Crippen LogP contribution < -0.4 is 4.74 Å². The summed E-state index contributed by atoms with van der Waals surface area (Å²) >= 11 is 0. The van der Waals surface area contributed by atoms with Crippen LogP contribution in [0.3, 0.4) is 0 Å². The first-order valence-electron chi connectivity index (χ1n) is 13.0. The Bertz CT molecular complexity index is 1120. The Morgan fingerprint density at radius 3 is 2.38 bits per heavy atom. The number of alkyl halides is 3. The Balaban J connectivity index is 1.35. The van der Waals surface area contributed by atoms with Crippen LogP contribution in [-0.4, -0.2) is 44.3 Å². The van der Waals surface area contributed by atoms with Gasteiger partial charge in [0.15, 0.2) is 0 Å². The summed E-state index contributed by atoms with van der Waals surface area (Å²) in [5.41, 5.74) is 2.13. The monoisotopic (exact) mass is 517 g/mol. The van der Waals surface area contributed by atoms with Crippen molar-refractivity contribution in [3.63, 3.8) is 0 Å². The number of hydrogen-bond acceptors (Lipinski definition) is 5. The minimum absolute atomic E-state index is 0.250. The molecule has 0 amide bonds. The summed E-state index contributed by atoms with van der Waals surface area (Å²) in [6, 6.07) is 10.4. The van der Waals surface area contributed by atoms with Gasteiger partial charge in [-0.2, -0.15) is 13.2 Å². The maximum absolute atomic E-state index is 14.0. The van der Waals surface area contributed by atoms with E-state index in [1.165, 1.54) is 13.2 Å². The van der Waals surface area contributed by atoms with Gasteiger partial charge in [0.2, 0.25) is 0 Å². The Kier molecular flexibility index (Phi) is 7.24. The number of likely N-dealkylation sites (tertiary alicyclic amines) is 1. The molecule has 2 aliphatic heterocycles. The molecule has 1 atom stereocenters. The molecule has 0 spiro atoms. The van der Waals surface area contributed by atoms with E-state index in [-0.39, 0.29) is 23.9 Å². The predicted molar refractivity (Wildman–Crippen MR) is 132 cm³/mol. The van der Waals surface area contributed by atoms with Crippen LogP contribution >= 0.6 is 0 Å². The van der Waals surface area contributed by atoms with Crippen molar-refractivity contribution < 1.29 is 32.2 Å². The summed E-state index contributed by atoms with van der Waals surface area (Å²) in [6.07, 6.45) is -1.17. The zero-order valence-corrected chi connectivity index (χ0v) is 21.4. The highest BCUT2D eigenvalue weighted by atomic mass is 19.4. The topological polar surface area (TPSA) is 48.0 Å². The van der Waals surface area contributed by atoms with E-state index >= 15 is 0 Å². The maximum atomic E-state index is 14.0. The summed E-state index contributed by atoms with van der Waals surface area (Å²) in [4.78, 5) is 14.0. The summed E-state index contributed by atoms with van der Waals surface area (Å²) in [7, 11) is 1.38. The van der Waals surface area contributed by atoms with Gasteiger partial charge in [-0.3, -0.25) is 9.69 Å². The molecule has 5 nitrogen and oxygen atoms in total. The molecule has 2 heterocycles. The third kappa shape index (κ3) is 5.36. The van der Waals surface area contributed by atoms with Crippen molar-refractivity contribution in [1.29, 1.82) is 0 Å². The predicted octanol–water partition coefficient (Wildman–Crippen LogP) is 5.83. The standard InChI is InChI=1S/C29H34F3NO4/c1-19-11-13-33(14-12-19)16-24-22-8-10-26(23(22)7-9-25(24)29(30,31)32)37-21-5-3-20(4-6-21)28(17-36-18-28)15-27(34)35-2/h3-7,9,19,26H,8,10-18H2,1-2H3/t26-/m1/s1. The van der Waals surface area contributed by atoms with E-state index in [4.69, 9.17) is 14.2 Å². The summed E-state index contributed by atoms with van der Waals surface area (Å²) < 4.78 is 58.4. The lowest BCUT2D eigenvalue weighted by atomic mass is 9.76. The van der Waals surface area contributed by atoms with Crippen LogP contribution in [0, 0.1) is 5.92 Å². The SMILES string of the molecule is COC(=O)CC1(c2ccc(O[C@@H]3CCc4c3ccc(C(F)(F)F)c4CN3CCC(C)CC3)cc2)COC1. The largest absolute Gasteiger partial charge is 0.486 e. The normalized spacial score (nSPS) is 21.8. The van der Waals surface area contributed by atoms with Gasteiger partial charge in [0, 0.05) is 6.54 Å². The second kappa shape index (κ2) is 10.3. The Labute approximate surface area is 215 Å². The molecule has 0 radical (unpaired) electrons. The van der Waals surface area contributed by atoms with Crippen molar-refractivity contribution >= 4 is 5.97 Å². The molecule has 5 rings (SSSR count). The van der Waals surface area contributed by atoms with E-state index in [2.05, 4.69) is 11.8 Å². The van der Waals surface area contributed by atoms with Crippen molar-refractivity contribution in [1.82, 2.24) is 4.90 Å². The van der Waals surface area contributed by atoms with Crippen molar-refractivity contribution in [3.05, 3.63) is 64.2 Å². The third-order valence-electron chi connectivity index (χ3n) is 8.25. The number of rotatable bonds is 7. The van der Waals surface area contributed by atoms with Crippen molar-refractivity contribution in [2.45, 2.75) is 63.3 Å². The van der Waals surface area contributed by atoms with Gasteiger partial charge in [-0.15, -0.1) is 0 Å². The molecule has 2 aromatic rings. The first-order chi connectivity index (χ1) is 17.7. The molecule has 3 aliphatic rings. The molecule has 8 heteroatoms. The number of hydrogen-bond donors (Lipinski definition) is 0. The molecule has 0 saturated carbocycles. The number of methoxy groups -OCH3 is 1. The van der Waals surface area contributed by atoms with Gasteiger partial charge >= 0.3 is 12.1 Å². The molecule has 2 saturated heterocycles. The van der Waals surface area contributed by atoms with Crippen molar-refractivity contribution in [2.75, 3.05) is 33.4 Å². The van der Waals surface area contributed by atoms with Crippen molar-refractivity contribution in [2.24, 2.45) is 5.92 Å². The minimum atomic E-state index is -4.38. The van der Waals surface area contributed by atoms with Gasteiger partial charge in [-0.1, -0.05) is 25.1 Å². The lowest BCUT2D eigenvalue weighted by Crippen LogP contribution is -2.48. The van der Waals surface area contributed by atoms with E-state index < -0.39 is 11.7 Å². The lowest BCUT2D eigenvalue weighted by Gasteiger charge is -2.41. The number of piperidine rings is 1. The molecular formula is C29H34F3NO4. The van der Waals surface area contributed by atoms with E-state index in [1.807, 2.05) is 24.3 Å². The zero-order valence-electron chi connectivity index (χ0n) is 21.4. The van der Waals surface area contributed by atoms with Gasteiger partial charge in [0.05, 0.1) is 37.7 Å². The van der Waals surface area contributed by atoms with Crippen LogP contribution in [0.25, 0.3) is 0 Å². The molecule has 0 aromatic heterocycles. The second-order valence-electron chi connectivity index (χ2n) is 10.8. The van der Waals surface area contributed by atoms with Gasteiger partial charge < -0.3 is 14.2 Å². The average molecular weight is 518 g/mol. The fourth-order valence-corrected chi connectivity index (χ4v) is 5.87. The molecule has 37 heavy (non-hydrogen) atoms. The number of fused-ring (bicyclic) bond motifs is 1. The van der Waals surface area contributed by atoms with E-state index in [0.29, 0.717) is 49.8 Å². The number of ether oxygens (including phenoxy) is 3. The molecule has 0 bridgehead atoms. The van der Waals surface area contributed by atoms with E-state index in [1.54, 1.807) is 6.07 Å². The Hall–Kier alpha value is -2.58. The highest BCUT2D eigenvalue weighted by Crippen LogP contribution is 2.43. The fraction of sp³-hybridized carbons (Fsp3) is 0.552. The summed E-state index contributed by atoms with van der Waals surface area (Å²) in [5.74, 6) is 0.997. The van der Waals surface area contributed by atoms with Crippen LogP contribution in [0.1, 0.15) is 66.5 Å². The first kappa shape index (κ1) is 26.0. The number of carbonyl (C=O) groups excluding carboxylic acids is 1. The number of nitrogens with zero attached hydrogens (tertiary/aromatic N) is 1. The van der Waals surface area contributed by atoms with Crippen LogP contribution in [0.4, 0.5) is 13.2 Å². The third-order valence-corrected chi connectivity index (χ3v) is 8.25. The highest BCUT2D eigenvalue weighted by Gasteiger charge is 2.43. The average Bonchev–Trinajstić information content (AvgIpc) is 3.26. The number of benzene rings is 2. The van der Waals surface area contributed by atoms with Gasteiger partial charge in [-0.05, 0) is 85.1 Å². The number of halogens is 3. The second-order valence-corrected chi connectivity index (χ2v) is 10.8. The van der Waals surface area contributed by atoms with Gasteiger partial charge in [-0.25, -0.2) is 0 Å². The fourth-order valence-electron chi connectivity index (χ4n) is 5.87. The van der Waals surface area contributed by atoms with Gasteiger partial charge in [0.1, 0.15) is 11.9 Å². The summed E-state index contributed by atoms with van der Waals surface area (Å²) in [6.45, 7) is 5.10. The Morgan fingerprint density at radius 1 is 1.08 bits per heavy atom. The van der Waals surface area contributed by atoms with E-state index in [9.17, 15) is 18.0 Å². The smallest absolute Gasteiger partial charge is 0.416 e. The van der Waals surface area contributed by atoms with Gasteiger partial charge in [0.25, 0.3) is 0 Å². The molecular weight excluding hydrogens is 483 g/mol. The lowest BCUT2D eigenvalue weighted by molar-refractivity contribution is -0.148. The molecule has 0 unspecified atom stereocenters. The summed E-state index contributed by atoms with van der Waals surface area (Å²) in [5, 5.41) is 0. The van der Waals surface area contributed by atoms with E-state index in [0.717, 1.165) is 42.6 Å². The zero-order chi connectivity index (χ0) is 26.2.